The first kappa shape index (κ1) is 9.77. The molecule has 1 heterocycles. The smallest absolute Gasteiger partial charge is 0.418 e. The number of carbonyl (C=O) groups is 1. The summed E-state index contributed by atoms with van der Waals surface area (Å²) in [4.78, 5) is 11.5. The Morgan fingerprint density at radius 1 is 1.40 bits per heavy atom. The van der Waals surface area contributed by atoms with Crippen LogP contribution >= 0.6 is 0 Å². The van der Waals surface area contributed by atoms with E-state index < -0.39 is 0 Å². The molecule has 3 nitrogen and oxygen atoms in total. The van der Waals surface area contributed by atoms with Crippen LogP contribution in [0.5, 0.6) is 0 Å². The summed E-state index contributed by atoms with van der Waals surface area (Å²) in [5, 5.41) is 1.07. The zero-order valence-electron chi connectivity index (χ0n) is 8.86. The van der Waals surface area contributed by atoms with E-state index in [1.54, 1.807) is 10.8 Å². The van der Waals surface area contributed by atoms with Crippen molar-refractivity contribution >= 4 is 17.0 Å². The van der Waals surface area contributed by atoms with E-state index in [9.17, 15) is 4.79 Å². The van der Waals surface area contributed by atoms with Crippen molar-refractivity contribution < 1.29 is 9.53 Å². The normalized spacial score (nSPS) is 10.5. The zero-order valence-corrected chi connectivity index (χ0v) is 8.86. The lowest BCUT2D eigenvalue weighted by Crippen LogP contribution is -2.10. The van der Waals surface area contributed by atoms with Gasteiger partial charge in [0.2, 0.25) is 0 Å². The zero-order chi connectivity index (χ0) is 10.8. The van der Waals surface area contributed by atoms with E-state index in [2.05, 4.69) is 6.92 Å². The minimum Gasteiger partial charge on any atom is -0.452 e. The Kier molecular flexibility index (Phi) is 2.46. The maximum absolute atomic E-state index is 11.5. The minimum absolute atomic E-state index is 0.342. The summed E-state index contributed by atoms with van der Waals surface area (Å²) >= 11 is 0. The number of fused-ring (bicyclic) bond motifs is 1. The van der Waals surface area contributed by atoms with E-state index in [0.29, 0.717) is 0 Å². The molecule has 0 amide bonds. The van der Waals surface area contributed by atoms with Crippen molar-refractivity contribution in [2.45, 2.75) is 13.3 Å². The summed E-state index contributed by atoms with van der Waals surface area (Å²) in [6.07, 6.45) is 2.31. The molecule has 0 spiro atoms. The average Bonchev–Trinajstić information content (AvgIpc) is 2.71. The van der Waals surface area contributed by atoms with Crippen molar-refractivity contribution in [2.75, 3.05) is 7.11 Å². The lowest BCUT2D eigenvalue weighted by atomic mass is 10.1. The van der Waals surface area contributed by atoms with Crippen LogP contribution in [0.4, 0.5) is 4.79 Å². The van der Waals surface area contributed by atoms with Gasteiger partial charge in [-0.1, -0.05) is 25.1 Å². The number of aromatic nitrogens is 1. The van der Waals surface area contributed by atoms with Crippen molar-refractivity contribution in [1.82, 2.24) is 4.57 Å². The minimum atomic E-state index is -0.342. The molecule has 1 aromatic carbocycles. The molecule has 2 rings (SSSR count). The molecule has 0 aliphatic rings. The molecule has 15 heavy (non-hydrogen) atoms. The highest BCUT2D eigenvalue weighted by Crippen LogP contribution is 2.20. The highest BCUT2D eigenvalue weighted by molar-refractivity contribution is 5.91. The van der Waals surface area contributed by atoms with Crippen LogP contribution in [-0.2, 0) is 11.2 Å². The number of para-hydroxylation sites is 1. The monoisotopic (exact) mass is 203 g/mol. The summed E-state index contributed by atoms with van der Waals surface area (Å²) in [5.74, 6) is 0. The third kappa shape index (κ3) is 1.50. The average molecular weight is 203 g/mol. The molecule has 0 saturated heterocycles. The SMILES string of the molecule is CCc1cccc2ccn(C(=O)OC)c12. The van der Waals surface area contributed by atoms with Gasteiger partial charge in [-0.3, -0.25) is 4.57 Å². The number of hydrogen-bond acceptors (Lipinski definition) is 2. The maximum atomic E-state index is 11.5. The Bertz CT molecular complexity index is 499. The molecule has 1 aromatic heterocycles. The van der Waals surface area contributed by atoms with Gasteiger partial charge in [0, 0.05) is 11.6 Å². The van der Waals surface area contributed by atoms with E-state index >= 15 is 0 Å². The van der Waals surface area contributed by atoms with Gasteiger partial charge >= 0.3 is 6.09 Å². The van der Waals surface area contributed by atoms with Gasteiger partial charge in [0.1, 0.15) is 0 Å². The molecular weight excluding hydrogens is 190 g/mol. The third-order valence-corrected chi connectivity index (χ3v) is 2.55. The van der Waals surface area contributed by atoms with Crippen molar-refractivity contribution in [3.63, 3.8) is 0 Å². The van der Waals surface area contributed by atoms with Crippen molar-refractivity contribution in [1.29, 1.82) is 0 Å². The lowest BCUT2D eigenvalue weighted by molar-refractivity contribution is 0.174. The molecule has 0 aliphatic carbocycles. The number of rotatable bonds is 1. The van der Waals surface area contributed by atoms with E-state index in [1.807, 2.05) is 24.3 Å². The van der Waals surface area contributed by atoms with Crippen LogP contribution in [0.25, 0.3) is 10.9 Å². The Labute approximate surface area is 88.3 Å². The van der Waals surface area contributed by atoms with Gasteiger partial charge < -0.3 is 4.74 Å². The molecule has 0 bridgehead atoms. The summed E-state index contributed by atoms with van der Waals surface area (Å²) in [6, 6.07) is 7.95. The molecule has 2 aromatic rings. The van der Waals surface area contributed by atoms with Gasteiger partial charge in [-0.15, -0.1) is 0 Å². The van der Waals surface area contributed by atoms with Crippen LogP contribution in [0.1, 0.15) is 12.5 Å². The van der Waals surface area contributed by atoms with E-state index in [1.165, 1.54) is 7.11 Å². The molecule has 0 aliphatic heterocycles. The van der Waals surface area contributed by atoms with Crippen LogP contribution in [0.2, 0.25) is 0 Å². The second kappa shape index (κ2) is 3.77. The summed E-state index contributed by atoms with van der Waals surface area (Å²) in [6.45, 7) is 2.07. The molecule has 0 saturated carbocycles. The molecule has 0 atom stereocenters. The third-order valence-electron chi connectivity index (χ3n) is 2.55. The van der Waals surface area contributed by atoms with Crippen molar-refractivity contribution in [3.05, 3.63) is 36.0 Å². The van der Waals surface area contributed by atoms with Gasteiger partial charge in [0.25, 0.3) is 0 Å². The Hall–Kier alpha value is -1.77. The van der Waals surface area contributed by atoms with Gasteiger partial charge in [0.15, 0.2) is 0 Å². The quantitative estimate of drug-likeness (QED) is 0.713. The molecule has 0 unspecified atom stereocenters. The number of benzene rings is 1. The number of nitrogens with zero attached hydrogens (tertiary/aromatic N) is 1. The van der Waals surface area contributed by atoms with Gasteiger partial charge in [-0.05, 0) is 18.1 Å². The highest BCUT2D eigenvalue weighted by Gasteiger charge is 2.10. The lowest BCUT2D eigenvalue weighted by Gasteiger charge is -2.05. The fourth-order valence-corrected chi connectivity index (χ4v) is 1.80. The summed E-state index contributed by atoms with van der Waals surface area (Å²) in [5.41, 5.74) is 2.11. The number of hydrogen-bond donors (Lipinski definition) is 0. The molecular formula is C12H13NO2. The molecule has 0 fully saturated rings. The molecule has 0 N–H and O–H groups in total. The largest absolute Gasteiger partial charge is 0.452 e. The number of ether oxygens (including phenoxy) is 1. The van der Waals surface area contributed by atoms with Crippen LogP contribution < -0.4 is 0 Å². The van der Waals surface area contributed by atoms with Crippen molar-refractivity contribution in [2.24, 2.45) is 0 Å². The Morgan fingerprint density at radius 2 is 2.20 bits per heavy atom. The van der Waals surface area contributed by atoms with E-state index in [0.717, 1.165) is 22.9 Å². The second-order valence-electron chi connectivity index (χ2n) is 3.36. The first-order valence-corrected chi connectivity index (χ1v) is 4.95. The fraction of sp³-hybridized carbons (Fsp3) is 0.250. The maximum Gasteiger partial charge on any atom is 0.418 e. The molecule has 78 valence electrons. The van der Waals surface area contributed by atoms with Gasteiger partial charge in [-0.25, -0.2) is 4.79 Å². The Balaban J connectivity index is 2.71. The van der Waals surface area contributed by atoms with E-state index in [4.69, 9.17) is 4.74 Å². The number of methoxy groups -OCH3 is 1. The van der Waals surface area contributed by atoms with Crippen LogP contribution in [0.15, 0.2) is 30.5 Å². The number of aryl methyl sites for hydroxylation is 1. The van der Waals surface area contributed by atoms with Gasteiger partial charge in [-0.2, -0.15) is 0 Å². The molecule has 3 heteroatoms. The first-order valence-electron chi connectivity index (χ1n) is 4.95. The Morgan fingerprint density at radius 3 is 2.87 bits per heavy atom. The first-order chi connectivity index (χ1) is 7.27. The van der Waals surface area contributed by atoms with Gasteiger partial charge in [0.05, 0.1) is 12.6 Å². The topological polar surface area (TPSA) is 31.2 Å². The van der Waals surface area contributed by atoms with Crippen molar-refractivity contribution in [3.8, 4) is 0 Å². The highest BCUT2D eigenvalue weighted by atomic mass is 16.5. The number of carbonyl (C=O) groups excluding carboxylic acids is 1. The predicted molar refractivity (Wildman–Crippen MR) is 59.1 cm³/mol. The van der Waals surface area contributed by atoms with E-state index in [-0.39, 0.29) is 6.09 Å². The summed E-state index contributed by atoms with van der Waals surface area (Å²) < 4.78 is 6.28. The summed E-state index contributed by atoms with van der Waals surface area (Å²) in [7, 11) is 1.39. The predicted octanol–water partition coefficient (Wildman–Crippen LogP) is 2.82. The van der Waals surface area contributed by atoms with Crippen LogP contribution in [-0.4, -0.2) is 17.8 Å². The fourth-order valence-electron chi connectivity index (χ4n) is 1.80. The molecule has 0 radical (unpaired) electrons. The standard InChI is InChI=1S/C12H13NO2/c1-3-9-5-4-6-10-7-8-13(11(9)10)12(14)15-2/h4-8H,3H2,1-2H3. The van der Waals surface area contributed by atoms with Crippen LogP contribution in [0, 0.1) is 0 Å². The van der Waals surface area contributed by atoms with Crippen LogP contribution in [0.3, 0.4) is 0 Å². The second-order valence-corrected chi connectivity index (χ2v) is 3.36.